The molecule has 1 amide bonds. The van der Waals surface area contributed by atoms with Crippen LogP contribution in [0.25, 0.3) is 0 Å². The highest BCUT2D eigenvalue weighted by atomic mass is 19.1. The Balaban J connectivity index is 1.53. The SMILES string of the molecule is O=C1C(c2ccc(F)cc2)C(c2ccc(O)cc2)N1CCCc1ccccc1. The van der Waals surface area contributed by atoms with Gasteiger partial charge in [-0.25, -0.2) is 4.39 Å². The number of aromatic hydroxyl groups is 1. The largest absolute Gasteiger partial charge is 0.508 e. The third kappa shape index (κ3) is 3.63. The average molecular weight is 375 g/mol. The minimum Gasteiger partial charge on any atom is -0.508 e. The van der Waals surface area contributed by atoms with Gasteiger partial charge >= 0.3 is 0 Å². The minimum absolute atomic E-state index is 0.0674. The molecule has 1 saturated heterocycles. The summed E-state index contributed by atoms with van der Waals surface area (Å²) in [5.74, 6) is -0.362. The number of aryl methyl sites for hydroxylation is 1. The Labute approximate surface area is 164 Å². The second-order valence-electron chi connectivity index (χ2n) is 7.19. The van der Waals surface area contributed by atoms with Crippen molar-refractivity contribution in [1.29, 1.82) is 0 Å². The quantitative estimate of drug-likeness (QED) is 0.627. The summed E-state index contributed by atoms with van der Waals surface area (Å²) in [7, 11) is 0. The number of carbonyl (C=O) groups is 1. The van der Waals surface area contributed by atoms with Gasteiger partial charge in [0.25, 0.3) is 0 Å². The van der Waals surface area contributed by atoms with E-state index in [9.17, 15) is 14.3 Å². The summed E-state index contributed by atoms with van der Waals surface area (Å²) in [6.07, 6.45) is 1.79. The minimum atomic E-state index is -0.318. The molecule has 28 heavy (non-hydrogen) atoms. The van der Waals surface area contributed by atoms with Gasteiger partial charge in [-0.05, 0) is 53.8 Å². The maximum absolute atomic E-state index is 13.3. The third-order valence-electron chi connectivity index (χ3n) is 5.37. The molecule has 2 unspecified atom stereocenters. The lowest BCUT2D eigenvalue weighted by Crippen LogP contribution is -2.53. The molecular formula is C24H22FNO2. The van der Waals surface area contributed by atoms with Crippen LogP contribution in [0.15, 0.2) is 78.9 Å². The summed E-state index contributed by atoms with van der Waals surface area (Å²) in [5, 5.41) is 9.61. The van der Waals surface area contributed by atoms with E-state index in [0.29, 0.717) is 6.54 Å². The summed E-state index contributed by atoms with van der Waals surface area (Å²) in [6.45, 7) is 0.664. The van der Waals surface area contributed by atoms with Gasteiger partial charge in [-0.3, -0.25) is 4.79 Å². The number of nitrogens with zero attached hydrogens (tertiary/aromatic N) is 1. The van der Waals surface area contributed by atoms with E-state index in [0.717, 1.165) is 24.0 Å². The smallest absolute Gasteiger partial charge is 0.233 e. The Bertz CT molecular complexity index is 939. The van der Waals surface area contributed by atoms with Crippen molar-refractivity contribution in [1.82, 2.24) is 4.90 Å². The molecule has 1 heterocycles. The zero-order valence-corrected chi connectivity index (χ0v) is 15.5. The van der Waals surface area contributed by atoms with Crippen molar-refractivity contribution in [3.8, 4) is 5.75 Å². The molecule has 0 saturated carbocycles. The van der Waals surface area contributed by atoms with Crippen molar-refractivity contribution >= 4 is 5.91 Å². The first-order valence-electron chi connectivity index (χ1n) is 9.52. The zero-order valence-electron chi connectivity index (χ0n) is 15.5. The molecule has 0 aromatic heterocycles. The molecule has 0 spiro atoms. The summed E-state index contributed by atoms with van der Waals surface area (Å²) in [6, 6.07) is 23.3. The van der Waals surface area contributed by atoms with E-state index >= 15 is 0 Å². The number of phenols is 1. The monoisotopic (exact) mass is 375 g/mol. The van der Waals surface area contributed by atoms with Crippen LogP contribution in [-0.2, 0) is 11.2 Å². The third-order valence-corrected chi connectivity index (χ3v) is 5.37. The fourth-order valence-electron chi connectivity index (χ4n) is 3.93. The molecule has 0 radical (unpaired) electrons. The predicted molar refractivity (Wildman–Crippen MR) is 106 cm³/mol. The number of halogens is 1. The molecule has 3 nitrogen and oxygen atoms in total. The van der Waals surface area contributed by atoms with E-state index in [4.69, 9.17) is 0 Å². The molecule has 1 N–H and O–H groups in total. The topological polar surface area (TPSA) is 40.5 Å². The van der Waals surface area contributed by atoms with Gasteiger partial charge in [0.15, 0.2) is 0 Å². The number of hydrogen-bond donors (Lipinski definition) is 1. The highest BCUT2D eigenvalue weighted by molar-refractivity contribution is 5.91. The van der Waals surface area contributed by atoms with Crippen molar-refractivity contribution in [3.05, 3.63) is 101 Å². The van der Waals surface area contributed by atoms with E-state index in [1.165, 1.54) is 17.7 Å². The lowest BCUT2D eigenvalue weighted by Gasteiger charge is -2.48. The maximum atomic E-state index is 13.3. The van der Waals surface area contributed by atoms with E-state index in [1.807, 2.05) is 35.2 Å². The van der Waals surface area contributed by atoms with Crippen LogP contribution >= 0.6 is 0 Å². The highest BCUT2D eigenvalue weighted by Gasteiger charge is 2.48. The predicted octanol–water partition coefficient (Wildman–Crippen LogP) is 4.83. The maximum Gasteiger partial charge on any atom is 0.233 e. The molecule has 0 bridgehead atoms. The molecule has 4 rings (SSSR count). The standard InChI is InChI=1S/C24H22FNO2/c25-20-12-8-18(9-13-20)22-23(19-10-14-21(27)15-11-19)26(24(22)28)16-4-7-17-5-2-1-3-6-17/h1-3,5-6,8-15,22-23,27H,4,7,16H2. The van der Waals surface area contributed by atoms with Gasteiger partial charge in [0, 0.05) is 6.54 Å². The highest BCUT2D eigenvalue weighted by Crippen LogP contribution is 2.46. The molecule has 3 aromatic rings. The van der Waals surface area contributed by atoms with Crippen LogP contribution in [0.5, 0.6) is 5.75 Å². The van der Waals surface area contributed by atoms with Crippen molar-refractivity contribution < 1.29 is 14.3 Å². The number of carbonyl (C=O) groups excluding carboxylic acids is 1. The van der Waals surface area contributed by atoms with Crippen LogP contribution in [0.3, 0.4) is 0 Å². The first kappa shape index (κ1) is 18.2. The Kier molecular flexibility index (Phi) is 5.11. The van der Waals surface area contributed by atoms with Gasteiger partial charge in [0.2, 0.25) is 5.91 Å². The number of phenolic OH excluding ortho intramolecular Hbond substituents is 1. The summed E-state index contributed by atoms with van der Waals surface area (Å²) in [4.78, 5) is 14.8. The van der Waals surface area contributed by atoms with Crippen LogP contribution < -0.4 is 0 Å². The van der Waals surface area contributed by atoms with Gasteiger partial charge in [-0.2, -0.15) is 0 Å². The average Bonchev–Trinajstić information content (AvgIpc) is 2.72. The molecular weight excluding hydrogens is 353 g/mol. The molecule has 142 valence electrons. The van der Waals surface area contributed by atoms with E-state index in [-0.39, 0.29) is 29.4 Å². The fourth-order valence-corrected chi connectivity index (χ4v) is 3.93. The van der Waals surface area contributed by atoms with Crippen molar-refractivity contribution in [2.45, 2.75) is 24.8 Å². The van der Waals surface area contributed by atoms with Crippen LogP contribution in [0.4, 0.5) is 4.39 Å². The van der Waals surface area contributed by atoms with Crippen molar-refractivity contribution in [2.75, 3.05) is 6.54 Å². The molecule has 1 aliphatic rings. The number of hydrogen-bond acceptors (Lipinski definition) is 2. The van der Waals surface area contributed by atoms with E-state index in [1.54, 1.807) is 24.3 Å². The van der Waals surface area contributed by atoms with Crippen LogP contribution in [0, 0.1) is 5.82 Å². The Morgan fingerprint density at radius 1 is 0.857 bits per heavy atom. The lowest BCUT2D eigenvalue weighted by atomic mass is 9.77. The number of amides is 1. The molecule has 4 heteroatoms. The van der Waals surface area contributed by atoms with E-state index in [2.05, 4.69) is 12.1 Å². The summed E-state index contributed by atoms with van der Waals surface area (Å²) >= 11 is 0. The first-order valence-corrected chi connectivity index (χ1v) is 9.52. The van der Waals surface area contributed by atoms with Gasteiger partial charge in [0.1, 0.15) is 11.6 Å². The number of β-lactam (4-membered cyclic amide) rings is 1. The first-order chi connectivity index (χ1) is 13.6. The summed E-state index contributed by atoms with van der Waals surface area (Å²) < 4.78 is 13.3. The van der Waals surface area contributed by atoms with Gasteiger partial charge < -0.3 is 10.0 Å². The normalized spacial score (nSPS) is 18.8. The zero-order chi connectivity index (χ0) is 19.5. The van der Waals surface area contributed by atoms with Gasteiger partial charge in [0.05, 0.1) is 12.0 Å². The Hall–Kier alpha value is -3.14. The lowest BCUT2D eigenvalue weighted by molar-refractivity contribution is -0.150. The second kappa shape index (κ2) is 7.85. The van der Waals surface area contributed by atoms with E-state index < -0.39 is 0 Å². The second-order valence-corrected chi connectivity index (χ2v) is 7.19. The number of likely N-dealkylation sites (tertiary alicyclic amines) is 1. The molecule has 0 aliphatic carbocycles. The van der Waals surface area contributed by atoms with Crippen LogP contribution in [0.1, 0.15) is 35.1 Å². The molecule has 3 aromatic carbocycles. The summed E-state index contributed by atoms with van der Waals surface area (Å²) in [5.41, 5.74) is 3.06. The Morgan fingerprint density at radius 3 is 2.18 bits per heavy atom. The molecule has 2 atom stereocenters. The van der Waals surface area contributed by atoms with Gasteiger partial charge in [-0.1, -0.05) is 54.6 Å². The van der Waals surface area contributed by atoms with Gasteiger partial charge in [-0.15, -0.1) is 0 Å². The molecule has 1 aliphatic heterocycles. The van der Waals surface area contributed by atoms with Crippen LogP contribution in [0.2, 0.25) is 0 Å². The van der Waals surface area contributed by atoms with Crippen molar-refractivity contribution in [3.63, 3.8) is 0 Å². The Morgan fingerprint density at radius 2 is 1.50 bits per heavy atom. The molecule has 1 fully saturated rings. The number of rotatable bonds is 6. The van der Waals surface area contributed by atoms with Crippen LogP contribution in [-0.4, -0.2) is 22.5 Å². The van der Waals surface area contributed by atoms with Crippen molar-refractivity contribution in [2.24, 2.45) is 0 Å². The number of benzene rings is 3. The fraction of sp³-hybridized carbons (Fsp3) is 0.208.